The van der Waals surface area contributed by atoms with Crippen LogP contribution in [0.15, 0.2) is 83.9 Å². The Labute approximate surface area is 187 Å². The summed E-state index contributed by atoms with van der Waals surface area (Å²) >= 11 is 0. The largest absolute Gasteiger partial charge is 0.355 e. The summed E-state index contributed by atoms with van der Waals surface area (Å²) in [5.41, 5.74) is 11.3. The first-order valence-corrected chi connectivity index (χ1v) is 10.7. The molecule has 0 bridgehead atoms. The van der Waals surface area contributed by atoms with Crippen molar-refractivity contribution in [1.29, 1.82) is 0 Å². The van der Waals surface area contributed by atoms with Crippen LogP contribution in [0.2, 0.25) is 0 Å². The summed E-state index contributed by atoms with van der Waals surface area (Å²) in [5.74, 6) is 0.512. The van der Waals surface area contributed by atoms with E-state index in [1.165, 1.54) is 0 Å². The zero-order valence-electron chi connectivity index (χ0n) is 18.3. The Morgan fingerprint density at radius 2 is 1.75 bits per heavy atom. The van der Waals surface area contributed by atoms with Gasteiger partial charge in [0.15, 0.2) is 0 Å². The van der Waals surface area contributed by atoms with Crippen LogP contribution in [0.3, 0.4) is 0 Å². The molecule has 6 heteroatoms. The van der Waals surface area contributed by atoms with Gasteiger partial charge < -0.3 is 11.1 Å². The molecule has 32 heavy (non-hydrogen) atoms. The van der Waals surface area contributed by atoms with Crippen LogP contribution in [0, 0.1) is 6.92 Å². The third-order valence-corrected chi connectivity index (χ3v) is 5.52. The van der Waals surface area contributed by atoms with Gasteiger partial charge in [0.1, 0.15) is 0 Å². The second kappa shape index (κ2) is 9.58. The Kier molecular flexibility index (Phi) is 6.42. The van der Waals surface area contributed by atoms with E-state index in [1.54, 1.807) is 24.0 Å². The lowest BCUT2D eigenvalue weighted by Gasteiger charge is -2.17. The van der Waals surface area contributed by atoms with Crippen molar-refractivity contribution in [2.24, 2.45) is 12.8 Å². The van der Waals surface area contributed by atoms with E-state index in [9.17, 15) is 4.79 Å². The molecule has 0 fully saturated rings. The lowest BCUT2D eigenvalue weighted by molar-refractivity contribution is 0.668. The van der Waals surface area contributed by atoms with Crippen LogP contribution in [0.5, 0.6) is 0 Å². The van der Waals surface area contributed by atoms with Gasteiger partial charge in [0.05, 0.1) is 11.3 Å². The van der Waals surface area contributed by atoms with Gasteiger partial charge in [-0.15, -0.1) is 0 Å². The van der Waals surface area contributed by atoms with Crippen molar-refractivity contribution in [3.05, 3.63) is 101 Å². The predicted molar refractivity (Wildman–Crippen MR) is 129 cm³/mol. The van der Waals surface area contributed by atoms with E-state index in [4.69, 9.17) is 10.7 Å². The molecule has 2 aromatic heterocycles. The summed E-state index contributed by atoms with van der Waals surface area (Å²) in [4.78, 5) is 22.4. The zero-order valence-corrected chi connectivity index (χ0v) is 18.3. The fraction of sp³-hybridized carbons (Fsp3) is 0.192. The van der Waals surface area contributed by atoms with Crippen LogP contribution >= 0.6 is 0 Å². The number of rotatable bonds is 7. The van der Waals surface area contributed by atoms with Gasteiger partial charge in [-0.2, -0.15) is 0 Å². The molecular formula is C26H27N5O. The number of pyridine rings is 1. The van der Waals surface area contributed by atoms with Gasteiger partial charge in [-0.05, 0) is 36.6 Å². The van der Waals surface area contributed by atoms with Crippen molar-refractivity contribution in [3.63, 3.8) is 0 Å². The average molecular weight is 426 g/mol. The Morgan fingerprint density at radius 1 is 1.00 bits per heavy atom. The first-order valence-electron chi connectivity index (χ1n) is 10.7. The SMILES string of the molecule is Cc1cccc(-c2c(-c3ccncc3)nc(NCCC(N)c3ccccc3)n(C)c2=O)c1. The molecule has 0 radical (unpaired) electrons. The minimum Gasteiger partial charge on any atom is -0.355 e. The number of anilines is 1. The number of hydrogen-bond donors (Lipinski definition) is 2. The van der Waals surface area contributed by atoms with E-state index in [1.807, 2.05) is 73.7 Å². The zero-order chi connectivity index (χ0) is 22.5. The molecule has 0 saturated carbocycles. The highest BCUT2D eigenvalue weighted by Gasteiger charge is 2.18. The van der Waals surface area contributed by atoms with Crippen LogP contribution in [-0.2, 0) is 7.05 Å². The van der Waals surface area contributed by atoms with E-state index in [2.05, 4.69) is 10.3 Å². The predicted octanol–water partition coefficient (Wildman–Crippen LogP) is 4.32. The second-order valence-corrected chi connectivity index (χ2v) is 7.86. The molecule has 1 unspecified atom stereocenters. The summed E-state index contributed by atoms with van der Waals surface area (Å²) in [6.07, 6.45) is 4.13. The van der Waals surface area contributed by atoms with Crippen LogP contribution in [0.4, 0.5) is 5.95 Å². The summed E-state index contributed by atoms with van der Waals surface area (Å²) in [5, 5.41) is 3.31. The van der Waals surface area contributed by atoms with Crippen molar-refractivity contribution < 1.29 is 0 Å². The van der Waals surface area contributed by atoms with Crippen LogP contribution in [-0.4, -0.2) is 21.1 Å². The van der Waals surface area contributed by atoms with Gasteiger partial charge in [-0.25, -0.2) is 4.98 Å². The van der Waals surface area contributed by atoms with Crippen LogP contribution in [0.25, 0.3) is 22.4 Å². The van der Waals surface area contributed by atoms with Gasteiger partial charge in [0, 0.05) is 37.6 Å². The number of nitrogens with zero attached hydrogens (tertiary/aromatic N) is 3. The van der Waals surface area contributed by atoms with Crippen molar-refractivity contribution in [2.75, 3.05) is 11.9 Å². The van der Waals surface area contributed by atoms with E-state index < -0.39 is 0 Å². The number of hydrogen-bond acceptors (Lipinski definition) is 5. The monoisotopic (exact) mass is 425 g/mol. The van der Waals surface area contributed by atoms with Gasteiger partial charge >= 0.3 is 0 Å². The molecule has 0 aliphatic heterocycles. The number of benzene rings is 2. The Morgan fingerprint density at radius 3 is 2.47 bits per heavy atom. The molecule has 0 aliphatic rings. The fourth-order valence-corrected chi connectivity index (χ4v) is 3.75. The molecule has 0 spiro atoms. The molecule has 2 heterocycles. The maximum atomic E-state index is 13.5. The molecule has 6 nitrogen and oxygen atoms in total. The van der Waals surface area contributed by atoms with Crippen molar-refractivity contribution in [1.82, 2.24) is 14.5 Å². The van der Waals surface area contributed by atoms with E-state index in [0.717, 1.165) is 22.3 Å². The number of nitrogens with one attached hydrogen (secondary N) is 1. The third kappa shape index (κ3) is 4.60. The minimum atomic E-state index is -0.104. The summed E-state index contributed by atoms with van der Waals surface area (Å²) in [6, 6.07) is 21.6. The number of aromatic nitrogens is 3. The van der Waals surface area contributed by atoms with Crippen LogP contribution < -0.4 is 16.6 Å². The topological polar surface area (TPSA) is 85.8 Å². The molecule has 1 atom stereocenters. The quantitative estimate of drug-likeness (QED) is 0.461. The molecule has 4 aromatic rings. The van der Waals surface area contributed by atoms with Crippen LogP contribution in [0.1, 0.15) is 23.6 Å². The van der Waals surface area contributed by atoms with Gasteiger partial charge in [-0.1, -0.05) is 60.2 Å². The first-order chi connectivity index (χ1) is 15.5. The molecule has 0 amide bonds. The molecule has 3 N–H and O–H groups in total. The Hall–Kier alpha value is -3.77. The summed E-state index contributed by atoms with van der Waals surface area (Å²) in [7, 11) is 1.74. The number of aryl methyl sites for hydroxylation is 1. The van der Waals surface area contributed by atoms with Gasteiger partial charge in [0.2, 0.25) is 5.95 Å². The maximum Gasteiger partial charge on any atom is 0.263 e. The maximum absolute atomic E-state index is 13.5. The Bertz CT molecular complexity index is 1250. The summed E-state index contributed by atoms with van der Waals surface area (Å²) < 4.78 is 1.57. The molecule has 162 valence electrons. The highest BCUT2D eigenvalue weighted by Crippen LogP contribution is 2.29. The van der Waals surface area contributed by atoms with Gasteiger partial charge in [-0.3, -0.25) is 14.3 Å². The normalized spacial score (nSPS) is 11.8. The molecule has 0 saturated heterocycles. The number of nitrogens with two attached hydrogens (primary N) is 1. The van der Waals surface area contributed by atoms with E-state index >= 15 is 0 Å². The van der Waals surface area contributed by atoms with Crippen molar-refractivity contribution in [3.8, 4) is 22.4 Å². The Balaban J connectivity index is 1.69. The lowest BCUT2D eigenvalue weighted by atomic mass is 9.99. The molecule has 0 aliphatic carbocycles. The minimum absolute atomic E-state index is 0.0908. The fourth-order valence-electron chi connectivity index (χ4n) is 3.75. The standard InChI is InChI=1S/C26H27N5O/c1-18-7-6-10-21(17-18)23-24(20-11-14-28-15-12-20)30-26(31(2)25(23)32)29-16-13-22(27)19-8-4-3-5-9-19/h3-12,14-15,17,22H,13,16,27H2,1-2H3,(H,29,30). The first kappa shape index (κ1) is 21.5. The van der Waals surface area contributed by atoms with Crippen molar-refractivity contribution in [2.45, 2.75) is 19.4 Å². The summed E-state index contributed by atoms with van der Waals surface area (Å²) in [6.45, 7) is 2.61. The third-order valence-electron chi connectivity index (χ3n) is 5.52. The lowest BCUT2D eigenvalue weighted by Crippen LogP contribution is -2.26. The highest BCUT2D eigenvalue weighted by molar-refractivity contribution is 5.81. The molecule has 4 rings (SSSR count). The second-order valence-electron chi connectivity index (χ2n) is 7.86. The smallest absolute Gasteiger partial charge is 0.263 e. The molecule has 2 aromatic carbocycles. The average Bonchev–Trinajstić information content (AvgIpc) is 2.82. The highest BCUT2D eigenvalue weighted by atomic mass is 16.1. The van der Waals surface area contributed by atoms with E-state index in [0.29, 0.717) is 30.2 Å². The molecular weight excluding hydrogens is 398 g/mol. The van der Waals surface area contributed by atoms with Crippen molar-refractivity contribution >= 4 is 5.95 Å². The van der Waals surface area contributed by atoms with E-state index in [-0.39, 0.29) is 11.6 Å². The van der Waals surface area contributed by atoms with Gasteiger partial charge in [0.25, 0.3) is 5.56 Å².